The highest BCUT2D eigenvalue weighted by Crippen LogP contribution is 2.28. The number of rotatable bonds is 4. The third-order valence-electron chi connectivity index (χ3n) is 3.43. The van der Waals surface area contributed by atoms with Crippen LogP contribution in [0, 0.1) is 10.1 Å². The number of cyclic esters (lactones) is 1. The number of halogens is 1. The maximum Gasteiger partial charge on any atom is 0.363 e. The topological polar surface area (TPSA) is 91.0 Å². The molecular weight excluding hydrogens is 348 g/mol. The van der Waals surface area contributed by atoms with Gasteiger partial charge in [-0.15, -0.1) is 0 Å². The predicted molar refractivity (Wildman–Crippen MR) is 91.7 cm³/mol. The number of nitro benzene ring substituents is 1. The van der Waals surface area contributed by atoms with Crippen LogP contribution in [0.15, 0.2) is 53.2 Å². The summed E-state index contributed by atoms with van der Waals surface area (Å²) in [5.41, 5.74) is 0.714. The van der Waals surface area contributed by atoms with Crippen LogP contribution < -0.4 is 4.74 Å². The molecule has 1 aliphatic heterocycles. The number of nitro groups is 1. The van der Waals surface area contributed by atoms with Crippen LogP contribution in [-0.4, -0.2) is 23.9 Å². The van der Waals surface area contributed by atoms with Crippen molar-refractivity contribution in [3.05, 3.63) is 74.4 Å². The van der Waals surface area contributed by atoms with Gasteiger partial charge in [0.1, 0.15) is 10.8 Å². The molecule has 1 heterocycles. The molecule has 0 radical (unpaired) electrons. The molecule has 0 unspecified atom stereocenters. The lowest BCUT2D eigenvalue weighted by Crippen LogP contribution is -2.06. The number of carbonyl (C=O) groups excluding carboxylic acids is 1. The number of hydrogen-bond acceptors (Lipinski definition) is 6. The van der Waals surface area contributed by atoms with Crippen molar-refractivity contribution in [3.8, 4) is 5.75 Å². The van der Waals surface area contributed by atoms with Crippen molar-refractivity contribution in [2.75, 3.05) is 7.11 Å². The largest absolute Gasteiger partial charge is 0.496 e. The van der Waals surface area contributed by atoms with Crippen molar-refractivity contribution in [3.63, 3.8) is 0 Å². The fourth-order valence-corrected chi connectivity index (χ4v) is 2.45. The second-order valence-corrected chi connectivity index (χ2v) is 5.41. The number of methoxy groups -OCH3 is 1. The average Bonchev–Trinajstić information content (AvgIpc) is 2.96. The Morgan fingerprint density at radius 1 is 1.28 bits per heavy atom. The van der Waals surface area contributed by atoms with Crippen molar-refractivity contribution in [2.24, 2.45) is 4.99 Å². The fourth-order valence-electron chi connectivity index (χ4n) is 2.26. The van der Waals surface area contributed by atoms with E-state index in [0.29, 0.717) is 16.9 Å². The Kier molecular flexibility index (Phi) is 4.49. The molecule has 0 amide bonds. The van der Waals surface area contributed by atoms with E-state index in [1.54, 1.807) is 30.3 Å². The molecule has 0 saturated heterocycles. The Hall–Kier alpha value is -3.19. The molecule has 0 aromatic heterocycles. The minimum Gasteiger partial charge on any atom is -0.496 e. The van der Waals surface area contributed by atoms with Crippen LogP contribution in [0.2, 0.25) is 5.02 Å². The van der Waals surface area contributed by atoms with Gasteiger partial charge < -0.3 is 9.47 Å². The Labute approximate surface area is 147 Å². The summed E-state index contributed by atoms with van der Waals surface area (Å²) in [5.74, 6) is -0.0342. The first-order valence-corrected chi connectivity index (χ1v) is 7.47. The van der Waals surface area contributed by atoms with E-state index < -0.39 is 10.9 Å². The van der Waals surface area contributed by atoms with Crippen LogP contribution >= 0.6 is 11.6 Å². The molecular formula is C17H11ClN2O5. The van der Waals surface area contributed by atoms with Gasteiger partial charge in [-0.25, -0.2) is 9.79 Å². The molecule has 2 aromatic carbocycles. The van der Waals surface area contributed by atoms with Gasteiger partial charge in [0.05, 0.1) is 17.6 Å². The molecule has 0 fully saturated rings. The van der Waals surface area contributed by atoms with E-state index in [0.717, 1.165) is 0 Å². The summed E-state index contributed by atoms with van der Waals surface area (Å²) >= 11 is 5.78. The average molecular weight is 359 g/mol. The van der Waals surface area contributed by atoms with E-state index >= 15 is 0 Å². The molecule has 0 N–H and O–H groups in total. The standard InChI is InChI=1S/C17H11ClN2O5/c1-24-15-5-3-2-4-11(15)16-19-13(17(21)25-16)8-10-6-7-12(18)14(9-10)20(22)23/h2-9H,1H3/b13-8-. The molecule has 0 aliphatic carbocycles. The zero-order valence-electron chi connectivity index (χ0n) is 12.9. The summed E-state index contributed by atoms with van der Waals surface area (Å²) in [6.45, 7) is 0. The Morgan fingerprint density at radius 2 is 2.04 bits per heavy atom. The van der Waals surface area contributed by atoms with E-state index in [2.05, 4.69) is 4.99 Å². The lowest BCUT2D eigenvalue weighted by molar-refractivity contribution is -0.384. The van der Waals surface area contributed by atoms with E-state index in [4.69, 9.17) is 21.1 Å². The second-order valence-electron chi connectivity index (χ2n) is 5.00. The van der Waals surface area contributed by atoms with Gasteiger partial charge in [0.25, 0.3) is 5.69 Å². The van der Waals surface area contributed by atoms with Gasteiger partial charge in [0.2, 0.25) is 5.90 Å². The molecule has 7 nitrogen and oxygen atoms in total. The van der Waals surface area contributed by atoms with Crippen molar-refractivity contribution < 1.29 is 19.2 Å². The van der Waals surface area contributed by atoms with Crippen molar-refractivity contribution in [2.45, 2.75) is 0 Å². The fraction of sp³-hybridized carbons (Fsp3) is 0.0588. The highest BCUT2D eigenvalue weighted by atomic mass is 35.5. The molecule has 3 rings (SSSR count). The molecule has 0 atom stereocenters. The predicted octanol–water partition coefficient (Wildman–Crippen LogP) is 3.60. The first kappa shape index (κ1) is 16.7. The smallest absolute Gasteiger partial charge is 0.363 e. The number of hydrogen-bond donors (Lipinski definition) is 0. The minimum absolute atomic E-state index is 0.0133. The lowest BCUT2D eigenvalue weighted by atomic mass is 10.1. The summed E-state index contributed by atoms with van der Waals surface area (Å²) in [6.07, 6.45) is 1.40. The highest BCUT2D eigenvalue weighted by Gasteiger charge is 2.26. The maximum atomic E-state index is 12.0. The van der Waals surface area contributed by atoms with Gasteiger partial charge in [0.15, 0.2) is 5.70 Å². The molecule has 0 bridgehead atoms. The third kappa shape index (κ3) is 3.36. The SMILES string of the molecule is COc1ccccc1C1=N/C(=C\c2ccc(Cl)c([N+](=O)[O-])c2)C(=O)O1. The first-order valence-electron chi connectivity index (χ1n) is 7.09. The quantitative estimate of drug-likeness (QED) is 0.360. The summed E-state index contributed by atoms with van der Waals surface area (Å²) in [4.78, 5) is 26.6. The van der Waals surface area contributed by atoms with Gasteiger partial charge in [0, 0.05) is 6.07 Å². The summed E-state index contributed by atoms with van der Waals surface area (Å²) in [6, 6.07) is 11.2. The van der Waals surface area contributed by atoms with Crippen LogP contribution in [0.25, 0.3) is 6.08 Å². The number of ether oxygens (including phenoxy) is 2. The van der Waals surface area contributed by atoms with Crippen molar-refractivity contribution >= 4 is 35.2 Å². The zero-order valence-corrected chi connectivity index (χ0v) is 13.7. The molecule has 8 heteroatoms. The number of carbonyl (C=O) groups is 1. The van der Waals surface area contributed by atoms with Gasteiger partial charge in [-0.05, 0) is 29.8 Å². The number of aliphatic imine (C=N–C) groups is 1. The zero-order chi connectivity index (χ0) is 18.0. The lowest BCUT2D eigenvalue weighted by Gasteiger charge is -2.05. The summed E-state index contributed by atoms with van der Waals surface area (Å²) in [5, 5.41) is 11.0. The number of benzene rings is 2. The van der Waals surface area contributed by atoms with E-state index in [1.807, 2.05) is 0 Å². The molecule has 25 heavy (non-hydrogen) atoms. The van der Waals surface area contributed by atoms with E-state index in [1.165, 1.54) is 25.3 Å². The Morgan fingerprint density at radius 3 is 2.76 bits per heavy atom. The molecule has 0 saturated carbocycles. The molecule has 1 aliphatic rings. The van der Waals surface area contributed by atoms with Crippen molar-refractivity contribution in [1.29, 1.82) is 0 Å². The number of para-hydroxylation sites is 1. The highest BCUT2D eigenvalue weighted by molar-refractivity contribution is 6.32. The maximum absolute atomic E-state index is 12.0. The normalized spacial score (nSPS) is 15.0. The van der Waals surface area contributed by atoms with Gasteiger partial charge in [-0.2, -0.15) is 0 Å². The van der Waals surface area contributed by atoms with Gasteiger partial charge in [-0.3, -0.25) is 10.1 Å². The Balaban J connectivity index is 1.99. The van der Waals surface area contributed by atoms with Crippen LogP contribution in [0.4, 0.5) is 5.69 Å². The van der Waals surface area contributed by atoms with E-state index in [9.17, 15) is 14.9 Å². The monoisotopic (exact) mass is 358 g/mol. The molecule has 2 aromatic rings. The first-order chi connectivity index (χ1) is 12.0. The number of esters is 1. The van der Waals surface area contributed by atoms with Gasteiger partial charge >= 0.3 is 5.97 Å². The van der Waals surface area contributed by atoms with Crippen LogP contribution in [-0.2, 0) is 9.53 Å². The van der Waals surface area contributed by atoms with Crippen LogP contribution in [0.5, 0.6) is 5.75 Å². The van der Waals surface area contributed by atoms with E-state index in [-0.39, 0.29) is 22.3 Å². The third-order valence-corrected chi connectivity index (χ3v) is 3.75. The Bertz CT molecular complexity index is 936. The van der Waals surface area contributed by atoms with Gasteiger partial charge in [-0.1, -0.05) is 29.8 Å². The van der Waals surface area contributed by atoms with Crippen LogP contribution in [0.3, 0.4) is 0 Å². The number of nitrogens with zero attached hydrogens (tertiary/aromatic N) is 2. The molecule has 0 spiro atoms. The van der Waals surface area contributed by atoms with Crippen molar-refractivity contribution in [1.82, 2.24) is 0 Å². The second kappa shape index (κ2) is 6.74. The summed E-state index contributed by atoms with van der Waals surface area (Å²) in [7, 11) is 1.50. The summed E-state index contributed by atoms with van der Waals surface area (Å²) < 4.78 is 10.4. The molecule has 126 valence electrons. The minimum atomic E-state index is -0.654. The van der Waals surface area contributed by atoms with Crippen LogP contribution in [0.1, 0.15) is 11.1 Å².